The number of hydrogen-bond acceptors (Lipinski definition) is 10. The molecule has 1 heterocycles. The number of sulfonamides is 1. The van der Waals surface area contributed by atoms with Crippen LogP contribution in [0.25, 0.3) is 0 Å². The van der Waals surface area contributed by atoms with Crippen LogP contribution in [0.15, 0.2) is 40.2 Å². The summed E-state index contributed by atoms with van der Waals surface area (Å²) in [5, 5.41) is 8.23. The Morgan fingerprint density at radius 2 is 1.72 bits per heavy atom. The molecule has 14 nitrogen and oxygen atoms in total. The topological polar surface area (TPSA) is 200 Å². The Labute approximate surface area is 295 Å². The van der Waals surface area contributed by atoms with Crippen LogP contribution in [0.2, 0.25) is 0 Å². The van der Waals surface area contributed by atoms with E-state index in [1.165, 1.54) is 0 Å². The SMILES string of the molecule is Cc1c(C)c(S(=O)(=O)NC(N)=NCCC[C@H](NC(=O)OC(C)(C)C)C(=O)NCCNCC(=O)OCc2ccccc2)c(C)c2c1OC(C)(C)C2. The number of benzene rings is 2. The van der Waals surface area contributed by atoms with Gasteiger partial charge in [0.1, 0.15) is 29.6 Å². The van der Waals surface area contributed by atoms with Crippen molar-refractivity contribution < 1.29 is 37.0 Å². The number of rotatable bonds is 15. The van der Waals surface area contributed by atoms with Crippen LogP contribution < -0.4 is 31.1 Å². The van der Waals surface area contributed by atoms with Crippen LogP contribution in [0.5, 0.6) is 5.75 Å². The third-order valence-corrected chi connectivity index (χ3v) is 9.48. The lowest BCUT2D eigenvalue weighted by Crippen LogP contribution is -2.49. The van der Waals surface area contributed by atoms with Crippen molar-refractivity contribution in [2.24, 2.45) is 10.7 Å². The van der Waals surface area contributed by atoms with Crippen LogP contribution in [0.4, 0.5) is 4.79 Å². The number of amides is 2. The first kappa shape index (κ1) is 40.1. The molecular weight excluding hydrogens is 664 g/mol. The highest BCUT2D eigenvalue weighted by Gasteiger charge is 2.36. The van der Waals surface area contributed by atoms with Crippen molar-refractivity contribution in [3.63, 3.8) is 0 Å². The number of ether oxygens (including phenoxy) is 3. The second kappa shape index (κ2) is 17.0. The van der Waals surface area contributed by atoms with Crippen molar-refractivity contribution in [1.82, 2.24) is 20.7 Å². The van der Waals surface area contributed by atoms with Gasteiger partial charge in [0.15, 0.2) is 0 Å². The van der Waals surface area contributed by atoms with Crippen LogP contribution >= 0.6 is 0 Å². The number of fused-ring (bicyclic) bond motifs is 1. The molecule has 0 spiro atoms. The third-order valence-electron chi connectivity index (χ3n) is 7.85. The summed E-state index contributed by atoms with van der Waals surface area (Å²) >= 11 is 0. The smallest absolute Gasteiger partial charge is 0.408 e. The van der Waals surface area contributed by atoms with E-state index in [0.717, 1.165) is 22.4 Å². The number of aliphatic imine (C=N–C) groups is 1. The van der Waals surface area contributed by atoms with Gasteiger partial charge in [-0.25, -0.2) is 17.9 Å². The Kier molecular flexibility index (Phi) is 13.6. The zero-order valence-corrected chi connectivity index (χ0v) is 31.1. The normalized spacial score (nSPS) is 14.6. The molecule has 1 aliphatic heterocycles. The fraction of sp³-hybridized carbons (Fsp3) is 0.543. The molecule has 50 heavy (non-hydrogen) atoms. The predicted molar refractivity (Wildman–Crippen MR) is 190 cm³/mol. The number of esters is 1. The fourth-order valence-electron chi connectivity index (χ4n) is 5.46. The molecule has 3 rings (SSSR count). The molecule has 2 aromatic carbocycles. The van der Waals surface area contributed by atoms with E-state index in [0.29, 0.717) is 17.5 Å². The zero-order chi connectivity index (χ0) is 37.3. The van der Waals surface area contributed by atoms with Gasteiger partial charge < -0.3 is 35.9 Å². The van der Waals surface area contributed by atoms with Gasteiger partial charge in [-0.2, -0.15) is 0 Å². The van der Waals surface area contributed by atoms with E-state index in [9.17, 15) is 22.8 Å². The van der Waals surface area contributed by atoms with Gasteiger partial charge in [0.05, 0.1) is 11.4 Å². The Bertz CT molecular complexity index is 1670. The maximum absolute atomic E-state index is 13.5. The zero-order valence-electron chi connectivity index (χ0n) is 30.3. The first-order chi connectivity index (χ1) is 23.3. The van der Waals surface area contributed by atoms with Crippen LogP contribution in [-0.4, -0.2) is 75.8 Å². The molecular formula is C35H52N6O8S. The number of nitrogens with one attached hydrogen (secondary N) is 4. The number of nitrogens with zero attached hydrogens (tertiary/aromatic N) is 1. The van der Waals surface area contributed by atoms with Gasteiger partial charge in [0.25, 0.3) is 10.0 Å². The van der Waals surface area contributed by atoms with E-state index in [2.05, 4.69) is 25.7 Å². The molecule has 0 saturated carbocycles. The molecule has 0 aliphatic carbocycles. The third kappa shape index (κ3) is 11.9. The molecule has 1 aliphatic rings. The van der Waals surface area contributed by atoms with Gasteiger partial charge in [0, 0.05) is 31.6 Å². The minimum atomic E-state index is -4.07. The van der Waals surface area contributed by atoms with Gasteiger partial charge in [0.2, 0.25) is 11.9 Å². The minimum Gasteiger partial charge on any atom is -0.487 e. The summed E-state index contributed by atoms with van der Waals surface area (Å²) in [7, 11) is -4.07. The molecule has 15 heteroatoms. The Balaban J connectivity index is 1.54. The quantitative estimate of drug-likeness (QED) is 0.0790. The summed E-state index contributed by atoms with van der Waals surface area (Å²) in [5.41, 5.74) is 8.45. The molecule has 2 aromatic rings. The van der Waals surface area contributed by atoms with E-state index in [1.54, 1.807) is 34.6 Å². The van der Waals surface area contributed by atoms with Crippen molar-refractivity contribution in [2.75, 3.05) is 26.2 Å². The van der Waals surface area contributed by atoms with Crippen molar-refractivity contribution in [2.45, 2.75) is 103 Å². The first-order valence-electron chi connectivity index (χ1n) is 16.6. The van der Waals surface area contributed by atoms with Crippen LogP contribution in [0, 0.1) is 20.8 Å². The maximum Gasteiger partial charge on any atom is 0.408 e. The summed E-state index contributed by atoms with van der Waals surface area (Å²) in [5.74, 6) is -0.474. The number of carbonyl (C=O) groups is 3. The summed E-state index contributed by atoms with van der Waals surface area (Å²) in [6, 6.07) is 8.34. The summed E-state index contributed by atoms with van der Waals surface area (Å²) in [6.45, 7) is 15.0. The van der Waals surface area contributed by atoms with E-state index in [1.807, 2.05) is 51.1 Å². The average molecular weight is 717 g/mol. The van der Waals surface area contributed by atoms with Crippen LogP contribution in [0.1, 0.15) is 75.3 Å². The molecule has 2 amide bonds. The highest BCUT2D eigenvalue weighted by molar-refractivity contribution is 7.90. The van der Waals surface area contributed by atoms with E-state index >= 15 is 0 Å². The van der Waals surface area contributed by atoms with E-state index in [-0.39, 0.29) is 56.5 Å². The van der Waals surface area contributed by atoms with E-state index < -0.39 is 45.2 Å². The number of hydrogen-bond donors (Lipinski definition) is 5. The van der Waals surface area contributed by atoms with Gasteiger partial charge in [-0.15, -0.1) is 0 Å². The molecule has 0 aromatic heterocycles. The highest BCUT2D eigenvalue weighted by Crippen LogP contribution is 2.43. The Hall–Kier alpha value is -4.37. The predicted octanol–water partition coefficient (Wildman–Crippen LogP) is 3.04. The minimum absolute atomic E-state index is 0.0384. The lowest BCUT2D eigenvalue weighted by atomic mass is 9.94. The summed E-state index contributed by atoms with van der Waals surface area (Å²) in [4.78, 5) is 41.8. The largest absolute Gasteiger partial charge is 0.487 e. The summed E-state index contributed by atoms with van der Waals surface area (Å²) < 4.78 is 46.0. The monoisotopic (exact) mass is 716 g/mol. The molecule has 0 fully saturated rings. The van der Waals surface area contributed by atoms with Gasteiger partial charge in [-0.3, -0.25) is 14.6 Å². The summed E-state index contributed by atoms with van der Waals surface area (Å²) in [6.07, 6.45) is 0.251. The number of nitrogens with two attached hydrogens (primary N) is 1. The molecule has 0 bridgehead atoms. The maximum atomic E-state index is 13.5. The average Bonchev–Trinajstić information content (AvgIpc) is 3.35. The fourth-order valence-corrected chi connectivity index (χ4v) is 6.98. The van der Waals surface area contributed by atoms with Gasteiger partial charge in [-0.05, 0) is 90.5 Å². The second-order valence-corrected chi connectivity index (χ2v) is 15.5. The van der Waals surface area contributed by atoms with E-state index in [4.69, 9.17) is 19.9 Å². The lowest BCUT2D eigenvalue weighted by Gasteiger charge is -2.23. The number of alkyl carbamates (subject to hydrolysis) is 1. The Morgan fingerprint density at radius 1 is 1.04 bits per heavy atom. The van der Waals surface area contributed by atoms with Crippen LogP contribution in [0.3, 0.4) is 0 Å². The van der Waals surface area contributed by atoms with Crippen LogP contribution in [-0.2, 0) is 42.1 Å². The molecule has 0 radical (unpaired) electrons. The van der Waals surface area contributed by atoms with Gasteiger partial charge in [-0.1, -0.05) is 30.3 Å². The lowest BCUT2D eigenvalue weighted by molar-refractivity contribution is -0.143. The number of guanidine groups is 1. The number of carbonyl (C=O) groups excluding carboxylic acids is 3. The molecule has 0 unspecified atom stereocenters. The second-order valence-electron chi connectivity index (χ2n) is 13.9. The van der Waals surface area contributed by atoms with Crippen molar-refractivity contribution in [3.8, 4) is 5.75 Å². The van der Waals surface area contributed by atoms with Crippen molar-refractivity contribution in [1.29, 1.82) is 0 Å². The molecule has 1 atom stereocenters. The molecule has 276 valence electrons. The van der Waals surface area contributed by atoms with Gasteiger partial charge >= 0.3 is 12.1 Å². The Morgan fingerprint density at radius 3 is 2.38 bits per heavy atom. The standard InChI is InChI=1S/C35H52N6O8S/c1-22-23(2)30(24(3)26-19-35(7,8)48-29(22)26)50(45,46)41-32(36)39-16-12-15-27(40-33(44)49-34(4,5)6)31(43)38-18-17-37-20-28(42)47-21-25-13-10-9-11-14-25/h9-11,13-14,27,37H,12,15-21H2,1-8H3,(H,38,43)(H,40,44)(H3,36,39,41)/t27-/m0/s1. The van der Waals surface area contributed by atoms with Crippen molar-refractivity contribution >= 4 is 34.0 Å². The molecule has 0 saturated heterocycles. The molecule has 6 N–H and O–H groups in total. The highest BCUT2D eigenvalue weighted by atomic mass is 32.2. The van der Waals surface area contributed by atoms with Crippen molar-refractivity contribution in [3.05, 3.63) is 58.1 Å². The first-order valence-corrected chi connectivity index (χ1v) is 18.1.